The van der Waals surface area contributed by atoms with E-state index in [4.69, 9.17) is 5.73 Å². The van der Waals surface area contributed by atoms with Gasteiger partial charge in [-0.15, -0.1) is 0 Å². The lowest BCUT2D eigenvalue weighted by molar-refractivity contribution is 0.267. The van der Waals surface area contributed by atoms with E-state index in [1.165, 1.54) is 19.3 Å². The van der Waals surface area contributed by atoms with Gasteiger partial charge in [-0.2, -0.15) is 0 Å². The summed E-state index contributed by atoms with van der Waals surface area (Å²) in [6.07, 6.45) is 4.94. The highest BCUT2D eigenvalue weighted by Gasteiger charge is 2.20. The van der Waals surface area contributed by atoms with Crippen molar-refractivity contribution in [1.29, 1.82) is 0 Å². The molecule has 0 saturated carbocycles. The van der Waals surface area contributed by atoms with Crippen LogP contribution < -0.4 is 5.73 Å². The van der Waals surface area contributed by atoms with E-state index in [-0.39, 0.29) is 0 Å². The zero-order valence-electron chi connectivity index (χ0n) is 9.14. The highest BCUT2D eigenvalue weighted by atomic mass is 14.6. The van der Waals surface area contributed by atoms with E-state index in [1.807, 2.05) is 0 Å². The van der Waals surface area contributed by atoms with Crippen LogP contribution in [0.15, 0.2) is 0 Å². The van der Waals surface area contributed by atoms with E-state index in [9.17, 15) is 0 Å². The molecule has 0 aliphatic carbocycles. The van der Waals surface area contributed by atoms with Gasteiger partial charge in [0.15, 0.2) is 0 Å². The third-order valence-electron chi connectivity index (χ3n) is 3.02. The minimum absolute atomic E-state index is 0.417. The molecular formula is C11H25N. The van der Waals surface area contributed by atoms with Gasteiger partial charge >= 0.3 is 0 Å². The highest BCUT2D eigenvalue weighted by Crippen LogP contribution is 2.24. The Hall–Kier alpha value is -0.0400. The van der Waals surface area contributed by atoms with Gasteiger partial charge in [0.05, 0.1) is 0 Å². The molecule has 1 heteroatoms. The molecule has 0 aliphatic rings. The molecule has 12 heavy (non-hydrogen) atoms. The van der Waals surface area contributed by atoms with E-state index in [0.717, 1.165) is 18.3 Å². The fourth-order valence-corrected chi connectivity index (χ4v) is 1.86. The molecule has 0 spiro atoms. The van der Waals surface area contributed by atoms with Crippen molar-refractivity contribution in [2.45, 2.75) is 59.4 Å². The van der Waals surface area contributed by atoms with Crippen LogP contribution in [0.25, 0.3) is 0 Å². The summed E-state index contributed by atoms with van der Waals surface area (Å²) in [5.41, 5.74) is 6.08. The Morgan fingerprint density at radius 2 is 1.67 bits per heavy atom. The van der Waals surface area contributed by atoms with Crippen LogP contribution >= 0.6 is 0 Å². The van der Waals surface area contributed by atoms with Crippen molar-refractivity contribution in [2.24, 2.45) is 17.6 Å². The van der Waals surface area contributed by atoms with Crippen molar-refractivity contribution < 1.29 is 0 Å². The molecule has 0 bridgehead atoms. The van der Waals surface area contributed by atoms with Crippen LogP contribution in [0, 0.1) is 11.8 Å². The smallest absolute Gasteiger partial charge is 0.00670 e. The third kappa shape index (κ3) is 3.57. The second-order valence-electron chi connectivity index (χ2n) is 3.91. The van der Waals surface area contributed by atoms with E-state index in [0.29, 0.717) is 6.04 Å². The van der Waals surface area contributed by atoms with Gasteiger partial charge in [-0.3, -0.25) is 0 Å². The lowest BCUT2D eigenvalue weighted by atomic mass is 9.82. The summed E-state index contributed by atoms with van der Waals surface area (Å²) in [6, 6.07) is 0.417. The Balaban J connectivity index is 4.01. The molecule has 2 N–H and O–H groups in total. The van der Waals surface area contributed by atoms with Crippen LogP contribution in [0.4, 0.5) is 0 Å². The maximum absolute atomic E-state index is 6.08. The Kier molecular flexibility index (Phi) is 6.45. The van der Waals surface area contributed by atoms with Gasteiger partial charge in [-0.05, 0) is 24.7 Å². The maximum atomic E-state index is 6.08. The zero-order chi connectivity index (χ0) is 9.56. The van der Waals surface area contributed by atoms with Gasteiger partial charge in [-0.1, -0.05) is 40.5 Å². The topological polar surface area (TPSA) is 26.0 Å². The van der Waals surface area contributed by atoms with Gasteiger partial charge in [0.25, 0.3) is 0 Å². The largest absolute Gasteiger partial charge is 0.327 e. The van der Waals surface area contributed by atoms with Gasteiger partial charge in [0.2, 0.25) is 0 Å². The molecule has 0 rings (SSSR count). The van der Waals surface area contributed by atoms with Crippen LogP contribution in [0.5, 0.6) is 0 Å². The Bertz CT molecular complexity index is 91.2. The SMILES string of the molecule is CCCC(C(C)CC)C(N)CC. The Morgan fingerprint density at radius 3 is 2.00 bits per heavy atom. The maximum Gasteiger partial charge on any atom is 0.00670 e. The van der Waals surface area contributed by atoms with Crippen LogP contribution in [-0.4, -0.2) is 6.04 Å². The predicted molar refractivity (Wildman–Crippen MR) is 56.1 cm³/mol. The molecule has 1 nitrogen and oxygen atoms in total. The van der Waals surface area contributed by atoms with Crippen molar-refractivity contribution in [3.8, 4) is 0 Å². The lowest BCUT2D eigenvalue weighted by Gasteiger charge is -2.27. The average molecular weight is 171 g/mol. The van der Waals surface area contributed by atoms with Crippen LogP contribution in [0.3, 0.4) is 0 Å². The minimum atomic E-state index is 0.417. The van der Waals surface area contributed by atoms with Crippen molar-refractivity contribution in [2.75, 3.05) is 0 Å². The molecule has 74 valence electrons. The minimum Gasteiger partial charge on any atom is -0.327 e. The van der Waals surface area contributed by atoms with Crippen LogP contribution in [-0.2, 0) is 0 Å². The zero-order valence-corrected chi connectivity index (χ0v) is 9.14. The van der Waals surface area contributed by atoms with Crippen molar-refractivity contribution in [3.63, 3.8) is 0 Å². The van der Waals surface area contributed by atoms with E-state index in [1.54, 1.807) is 0 Å². The highest BCUT2D eigenvalue weighted by molar-refractivity contribution is 4.75. The van der Waals surface area contributed by atoms with Crippen molar-refractivity contribution >= 4 is 0 Å². The second-order valence-corrected chi connectivity index (χ2v) is 3.91. The molecule has 0 fully saturated rings. The number of hydrogen-bond acceptors (Lipinski definition) is 1. The van der Waals surface area contributed by atoms with Gasteiger partial charge in [0, 0.05) is 6.04 Å². The van der Waals surface area contributed by atoms with E-state index in [2.05, 4.69) is 27.7 Å². The molecule has 0 aromatic heterocycles. The molecule has 0 amide bonds. The Labute approximate surface area is 77.7 Å². The van der Waals surface area contributed by atoms with E-state index < -0.39 is 0 Å². The molecule has 0 aliphatic heterocycles. The third-order valence-corrected chi connectivity index (χ3v) is 3.02. The summed E-state index contributed by atoms with van der Waals surface area (Å²) in [5, 5.41) is 0. The normalized spacial score (nSPS) is 18.8. The Morgan fingerprint density at radius 1 is 1.08 bits per heavy atom. The monoisotopic (exact) mass is 171 g/mol. The molecule has 3 atom stereocenters. The standard InChI is InChI=1S/C11H25N/c1-5-8-10(9(4)6-2)11(12)7-3/h9-11H,5-8,12H2,1-4H3. The first kappa shape index (κ1) is 12.0. The summed E-state index contributed by atoms with van der Waals surface area (Å²) in [4.78, 5) is 0. The molecular weight excluding hydrogens is 146 g/mol. The molecule has 0 heterocycles. The van der Waals surface area contributed by atoms with Crippen LogP contribution in [0.1, 0.15) is 53.4 Å². The molecule has 0 aromatic carbocycles. The van der Waals surface area contributed by atoms with Crippen molar-refractivity contribution in [3.05, 3.63) is 0 Å². The predicted octanol–water partition coefficient (Wildman–Crippen LogP) is 3.19. The molecule has 0 aromatic rings. The van der Waals surface area contributed by atoms with Crippen molar-refractivity contribution in [1.82, 2.24) is 0 Å². The van der Waals surface area contributed by atoms with Gasteiger partial charge < -0.3 is 5.73 Å². The fraction of sp³-hybridized carbons (Fsp3) is 1.00. The quantitative estimate of drug-likeness (QED) is 0.652. The van der Waals surface area contributed by atoms with Gasteiger partial charge in [-0.25, -0.2) is 0 Å². The average Bonchev–Trinajstić information content (AvgIpc) is 2.11. The molecule has 0 radical (unpaired) electrons. The fourth-order valence-electron chi connectivity index (χ4n) is 1.86. The number of hydrogen-bond donors (Lipinski definition) is 1. The number of rotatable bonds is 6. The summed E-state index contributed by atoms with van der Waals surface area (Å²) in [7, 11) is 0. The van der Waals surface area contributed by atoms with Crippen LogP contribution in [0.2, 0.25) is 0 Å². The summed E-state index contributed by atoms with van der Waals surface area (Å²) in [5.74, 6) is 1.53. The summed E-state index contributed by atoms with van der Waals surface area (Å²) in [6.45, 7) is 9.03. The molecule has 3 unspecified atom stereocenters. The van der Waals surface area contributed by atoms with E-state index >= 15 is 0 Å². The first-order chi connectivity index (χ1) is 5.67. The number of nitrogens with two attached hydrogens (primary N) is 1. The molecule has 0 saturated heterocycles. The lowest BCUT2D eigenvalue weighted by Crippen LogP contribution is -2.33. The summed E-state index contributed by atoms with van der Waals surface area (Å²) < 4.78 is 0. The first-order valence-corrected chi connectivity index (χ1v) is 5.42. The first-order valence-electron chi connectivity index (χ1n) is 5.42. The second kappa shape index (κ2) is 6.47. The van der Waals surface area contributed by atoms with Gasteiger partial charge in [0.1, 0.15) is 0 Å². The summed E-state index contributed by atoms with van der Waals surface area (Å²) >= 11 is 0.